The fraction of sp³-hybridized carbons (Fsp3) is 0.111. The van der Waals surface area contributed by atoms with E-state index >= 15 is 0 Å². The maximum Gasteiger partial charge on any atom is 0.211 e. The maximum absolute atomic E-state index is 12.7. The van der Waals surface area contributed by atoms with Gasteiger partial charge < -0.3 is 4.74 Å². The summed E-state index contributed by atoms with van der Waals surface area (Å²) in [5.41, 5.74) is 1.03. The molecule has 0 saturated carbocycles. The van der Waals surface area contributed by atoms with Crippen molar-refractivity contribution in [1.29, 1.82) is 0 Å². The number of benzene rings is 2. The van der Waals surface area contributed by atoms with Gasteiger partial charge in [0.15, 0.2) is 5.15 Å². The van der Waals surface area contributed by atoms with E-state index in [9.17, 15) is 8.42 Å². The molecule has 3 aromatic rings. The molecule has 7 heteroatoms. The minimum absolute atomic E-state index is 0.0862. The van der Waals surface area contributed by atoms with E-state index in [4.69, 9.17) is 16.3 Å². The average molecular weight is 375 g/mol. The molecule has 1 heterocycles. The third-order valence-electron chi connectivity index (χ3n) is 3.50. The van der Waals surface area contributed by atoms with Crippen LogP contribution in [0, 0.1) is 6.92 Å². The molecule has 0 spiro atoms. The van der Waals surface area contributed by atoms with Gasteiger partial charge in [0, 0.05) is 0 Å². The van der Waals surface area contributed by atoms with Crippen molar-refractivity contribution in [2.24, 2.45) is 0 Å². The van der Waals surface area contributed by atoms with Crippen molar-refractivity contribution in [3.05, 3.63) is 77.3 Å². The van der Waals surface area contributed by atoms with E-state index < -0.39 is 9.84 Å². The molecule has 1 aromatic heterocycles. The second kappa shape index (κ2) is 7.21. The zero-order valence-corrected chi connectivity index (χ0v) is 15.0. The van der Waals surface area contributed by atoms with E-state index in [0.717, 1.165) is 5.56 Å². The zero-order valence-electron chi connectivity index (χ0n) is 13.4. The van der Waals surface area contributed by atoms with Gasteiger partial charge in [-0.3, -0.25) is 0 Å². The molecule has 0 fully saturated rings. The molecular weight excluding hydrogens is 360 g/mol. The fourth-order valence-electron chi connectivity index (χ4n) is 2.19. The minimum Gasteiger partial charge on any atom is -0.489 e. The SMILES string of the molecule is Cc1ncc(S(=O)(=O)c2ccc(OCc3ccccc3)cc2)c(Cl)n1. The third-order valence-corrected chi connectivity index (χ3v) is 5.67. The van der Waals surface area contributed by atoms with Gasteiger partial charge in [0.05, 0.1) is 11.1 Å². The number of ether oxygens (including phenoxy) is 1. The van der Waals surface area contributed by atoms with E-state index in [1.165, 1.54) is 18.3 Å². The second-order valence-electron chi connectivity index (χ2n) is 5.32. The number of aromatic nitrogens is 2. The number of rotatable bonds is 5. The van der Waals surface area contributed by atoms with Crippen LogP contribution in [-0.4, -0.2) is 18.4 Å². The van der Waals surface area contributed by atoms with Gasteiger partial charge in [-0.2, -0.15) is 0 Å². The first kappa shape index (κ1) is 17.4. The van der Waals surface area contributed by atoms with Crippen molar-refractivity contribution < 1.29 is 13.2 Å². The Labute approximate surface area is 151 Å². The molecule has 0 aliphatic rings. The molecule has 5 nitrogen and oxygen atoms in total. The molecule has 0 atom stereocenters. The summed E-state index contributed by atoms with van der Waals surface area (Å²) < 4.78 is 31.0. The Morgan fingerprint density at radius 1 is 1.04 bits per heavy atom. The number of sulfone groups is 1. The highest BCUT2D eigenvalue weighted by atomic mass is 35.5. The molecule has 128 valence electrons. The van der Waals surface area contributed by atoms with Crippen LogP contribution in [0.3, 0.4) is 0 Å². The molecule has 3 rings (SSSR count). The molecule has 25 heavy (non-hydrogen) atoms. The van der Waals surface area contributed by atoms with Crippen LogP contribution >= 0.6 is 11.6 Å². The predicted octanol–water partition coefficient (Wildman–Crippen LogP) is 3.85. The average Bonchev–Trinajstić information content (AvgIpc) is 2.61. The fourth-order valence-corrected chi connectivity index (χ4v) is 3.88. The van der Waals surface area contributed by atoms with Crippen molar-refractivity contribution in [2.75, 3.05) is 0 Å². The van der Waals surface area contributed by atoms with Gasteiger partial charge >= 0.3 is 0 Å². The van der Waals surface area contributed by atoms with E-state index in [1.807, 2.05) is 30.3 Å². The summed E-state index contributed by atoms with van der Waals surface area (Å²) in [7, 11) is -3.78. The van der Waals surface area contributed by atoms with E-state index in [-0.39, 0.29) is 14.9 Å². The van der Waals surface area contributed by atoms with Gasteiger partial charge in [0.1, 0.15) is 23.1 Å². The third kappa shape index (κ3) is 3.97. The van der Waals surface area contributed by atoms with Gasteiger partial charge in [-0.15, -0.1) is 0 Å². The van der Waals surface area contributed by atoms with Crippen LogP contribution in [0.1, 0.15) is 11.4 Å². The van der Waals surface area contributed by atoms with Crippen molar-refractivity contribution in [3.63, 3.8) is 0 Å². The highest BCUT2D eigenvalue weighted by Gasteiger charge is 2.22. The lowest BCUT2D eigenvalue weighted by molar-refractivity contribution is 0.306. The first-order valence-corrected chi connectivity index (χ1v) is 9.34. The highest BCUT2D eigenvalue weighted by Crippen LogP contribution is 2.27. The minimum atomic E-state index is -3.78. The summed E-state index contributed by atoms with van der Waals surface area (Å²) in [4.78, 5) is 7.80. The van der Waals surface area contributed by atoms with Crippen LogP contribution in [0.2, 0.25) is 5.15 Å². The molecule has 0 amide bonds. The molecule has 2 aromatic carbocycles. The Balaban J connectivity index is 1.79. The number of hydrogen-bond donors (Lipinski definition) is 0. The van der Waals surface area contributed by atoms with Crippen LogP contribution in [0.4, 0.5) is 0 Å². The lowest BCUT2D eigenvalue weighted by Crippen LogP contribution is -2.05. The lowest BCUT2D eigenvalue weighted by Gasteiger charge is -2.09. The van der Waals surface area contributed by atoms with Gasteiger partial charge in [-0.1, -0.05) is 41.9 Å². The molecule has 0 aliphatic carbocycles. The van der Waals surface area contributed by atoms with E-state index in [0.29, 0.717) is 18.2 Å². The largest absolute Gasteiger partial charge is 0.489 e. The van der Waals surface area contributed by atoms with Crippen LogP contribution in [0.25, 0.3) is 0 Å². The monoisotopic (exact) mass is 374 g/mol. The molecule has 0 unspecified atom stereocenters. The zero-order chi connectivity index (χ0) is 17.9. The lowest BCUT2D eigenvalue weighted by atomic mass is 10.2. The van der Waals surface area contributed by atoms with Crippen LogP contribution in [0.15, 0.2) is 70.6 Å². The Morgan fingerprint density at radius 2 is 1.72 bits per heavy atom. The standard InChI is InChI=1S/C18H15ClN2O3S/c1-13-20-11-17(18(19)21-13)25(22,23)16-9-7-15(8-10-16)24-12-14-5-3-2-4-6-14/h2-11H,12H2,1H3. The Bertz CT molecular complexity index is 975. The molecule has 0 aliphatic heterocycles. The smallest absolute Gasteiger partial charge is 0.211 e. The maximum atomic E-state index is 12.7. The van der Waals surface area contributed by atoms with Gasteiger partial charge in [-0.05, 0) is 36.8 Å². The summed E-state index contributed by atoms with van der Waals surface area (Å²) in [6, 6.07) is 15.9. The molecule has 0 N–H and O–H groups in total. The number of nitrogens with zero attached hydrogens (tertiary/aromatic N) is 2. The topological polar surface area (TPSA) is 69.2 Å². The predicted molar refractivity (Wildman–Crippen MR) is 94.4 cm³/mol. The van der Waals surface area contributed by atoms with Gasteiger partial charge in [-0.25, -0.2) is 18.4 Å². The first-order chi connectivity index (χ1) is 12.0. The molecule has 0 radical (unpaired) electrons. The molecular formula is C18H15ClN2O3S. The summed E-state index contributed by atoms with van der Waals surface area (Å²) in [5.74, 6) is 0.989. The Hall–Kier alpha value is -2.44. The highest BCUT2D eigenvalue weighted by molar-refractivity contribution is 7.91. The summed E-state index contributed by atoms with van der Waals surface area (Å²) >= 11 is 5.96. The Morgan fingerprint density at radius 3 is 2.36 bits per heavy atom. The van der Waals surface area contributed by atoms with Crippen molar-refractivity contribution in [1.82, 2.24) is 9.97 Å². The summed E-state index contributed by atoms with van der Waals surface area (Å²) in [5, 5.41) is -0.0862. The normalized spacial score (nSPS) is 11.3. The van der Waals surface area contributed by atoms with Crippen molar-refractivity contribution in [3.8, 4) is 5.75 Å². The quantitative estimate of drug-likeness (QED) is 0.634. The van der Waals surface area contributed by atoms with Crippen molar-refractivity contribution in [2.45, 2.75) is 23.3 Å². The van der Waals surface area contributed by atoms with Gasteiger partial charge in [0.25, 0.3) is 0 Å². The molecule has 0 bridgehead atoms. The van der Waals surface area contributed by atoms with E-state index in [2.05, 4.69) is 9.97 Å². The van der Waals surface area contributed by atoms with Gasteiger partial charge in [0.2, 0.25) is 9.84 Å². The number of hydrogen-bond acceptors (Lipinski definition) is 5. The number of halogens is 1. The Kier molecular flexibility index (Phi) is 5.01. The van der Waals surface area contributed by atoms with E-state index in [1.54, 1.807) is 19.1 Å². The molecule has 0 saturated heterocycles. The van der Waals surface area contributed by atoms with Crippen molar-refractivity contribution >= 4 is 21.4 Å². The number of aryl methyl sites for hydroxylation is 1. The van der Waals surface area contributed by atoms with Crippen LogP contribution in [-0.2, 0) is 16.4 Å². The van der Waals surface area contributed by atoms with Crippen LogP contribution in [0.5, 0.6) is 5.75 Å². The second-order valence-corrected chi connectivity index (χ2v) is 7.60. The summed E-state index contributed by atoms with van der Waals surface area (Å²) in [6.07, 6.45) is 1.22. The summed E-state index contributed by atoms with van der Waals surface area (Å²) in [6.45, 7) is 2.05. The van der Waals surface area contributed by atoms with Crippen LogP contribution < -0.4 is 4.74 Å². The first-order valence-electron chi connectivity index (χ1n) is 7.48.